The highest BCUT2D eigenvalue weighted by Crippen LogP contribution is 2.40. The van der Waals surface area contributed by atoms with Crippen LogP contribution in [-0.2, 0) is 0 Å². The molecule has 0 bridgehead atoms. The second kappa shape index (κ2) is 8.93. The molecule has 1 aromatic heterocycles. The van der Waals surface area contributed by atoms with Gasteiger partial charge in [-0.25, -0.2) is 4.98 Å². The second-order valence-corrected chi connectivity index (χ2v) is 7.62. The second-order valence-electron chi connectivity index (χ2n) is 6.61. The van der Waals surface area contributed by atoms with E-state index < -0.39 is 31.1 Å². The van der Waals surface area contributed by atoms with Gasteiger partial charge in [0.2, 0.25) is 5.13 Å². The number of alkyl halides is 5. The average Bonchev–Trinajstić information content (AvgIpc) is 3.16. The van der Waals surface area contributed by atoms with E-state index in [1.54, 1.807) is 36.4 Å². The lowest BCUT2D eigenvalue weighted by Crippen LogP contribution is -2.42. The summed E-state index contributed by atoms with van der Waals surface area (Å²) in [5.74, 6) is -4.87. The molecule has 0 aliphatic heterocycles. The number of thiazole rings is 1. The molecule has 0 fully saturated rings. The zero-order chi connectivity index (χ0) is 22.6. The summed E-state index contributed by atoms with van der Waals surface area (Å²) in [6.07, 6.45) is -7.14. The van der Waals surface area contributed by atoms with E-state index in [9.17, 15) is 27.2 Å². The molecule has 162 valence electrons. The number of hydrogen-bond donors (Lipinski definition) is 0. The Balaban J connectivity index is 1.93. The van der Waals surface area contributed by atoms with E-state index >= 15 is 0 Å². The number of rotatable bonds is 7. The summed E-state index contributed by atoms with van der Waals surface area (Å²) in [7, 11) is 0. The Morgan fingerprint density at radius 3 is 2.42 bits per heavy atom. The number of aromatic nitrogens is 1. The van der Waals surface area contributed by atoms with Gasteiger partial charge in [0, 0.05) is 13.0 Å². The van der Waals surface area contributed by atoms with Crippen molar-refractivity contribution in [2.75, 3.05) is 11.4 Å². The van der Waals surface area contributed by atoms with Crippen molar-refractivity contribution >= 4 is 38.1 Å². The molecule has 0 saturated heterocycles. The molecule has 0 amide bonds. The zero-order valence-corrected chi connectivity index (χ0v) is 17.0. The molecule has 5 nitrogen and oxygen atoms in total. The number of benzene rings is 2. The third-order valence-electron chi connectivity index (χ3n) is 4.44. The van der Waals surface area contributed by atoms with Crippen LogP contribution in [0.4, 0.5) is 38.5 Å². The van der Waals surface area contributed by atoms with Crippen molar-refractivity contribution in [3.63, 3.8) is 0 Å². The number of nitrogens with zero attached hydrogens (tertiary/aromatic N) is 5. The van der Waals surface area contributed by atoms with Gasteiger partial charge in [0.15, 0.2) is 0 Å². The van der Waals surface area contributed by atoms with E-state index in [0.717, 1.165) is 0 Å². The molecule has 0 aliphatic rings. The molecule has 1 heterocycles. The van der Waals surface area contributed by atoms with Gasteiger partial charge in [-0.3, -0.25) is 0 Å². The van der Waals surface area contributed by atoms with Crippen LogP contribution >= 0.6 is 11.3 Å². The summed E-state index contributed by atoms with van der Waals surface area (Å²) in [6, 6.07) is 14.7. The Bertz CT molecular complexity index is 1100. The smallest absolute Gasteiger partial charge is 0.354 e. The summed E-state index contributed by atoms with van der Waals surface area (Å²) >= 11 is 1.19. The Labute approximate surface area is 178 Å². The van der Waals surface area contributed by atoms with Crippen molar-refractivity contribution in [2.24, 2.45) is 10.2 Å². The third kappa shape index (κ3) is 5.14. The molecule has 2 aromatic carbocycles. The summed E-state index contributed by atoms with van der Waals surface area (Å²) in [5, 5.41) is 17.7. The molecule has 1 atom stereocenters. The van der Waals surface area contributed by atoms with Gasteiger partial charge in [-0.2, -0.15) is 27.2 Å². The van der Waals surface area contributed by atoms with Crippen LogP contribution < -0.4 is 4.90 Å². The van der Waals surface area contributed by atoms with E-state index in [2.05, 4.69) is 15.2 Å². The van der Waals surface area contributed by atoms with E-state index in [1.165, 1.54) is 29.2 Å². The first kappa shape index (κ1) is 22.6. The van der Waals surface area contributed by atoms with Crippen LogP contribution in [0.2, 0.25) is 0 Å². The standard InChI is InChI=1S/C20H16F5N5S/c1-13(12-26)30(11-10-19(21,22)20(23,24)25)15-8-5-9-16-17(15)27-18(31-16)29-28-14-6-3-2-4-7-14/h2-9,13H,10-11H2,1H3. The van der Waals surface area contributed by atoms with Crippen LogP contribution in [0.15, 0.2) is 58.8 Å². The quantitative estimate of drug-likeness (QED) is 0.285. The average molecular weight is 453 g/mol. The van der Waals surface area contributed by atoms with Crippen molar-refractivity contribution in [2.45, 2.75) is 31.5 Å². The molecule has 0 saturated carbocycles. The normalized spacial score (nSPS) is 13.5. The highest BCUT2D eigenvalue weighted by atomic mass is 32.1. The molecule has 3 aromatic rings. The van der Waals surface area contributed by atoms with Crippen molar-refractivity contribution in [3.8, 4) is 6.07 Å². The van der Waals surface area contributed by atoms with Gasteiger partial charge >= 0.3 is 12.1 Å². The fourth-order valence-electron chi connectivity index (χ4n) is 2.79. The number of nitriles is 1. The fourth-order valence-corrected chi connectivity index (χ4v) is 3.60. The van der Waals surface area contributed by atoms with Crippen LogP contribution in [-0.4, -0.2) is 29.7 Å². The predicted octanol–water partition coefficient (Wildman–Crippen LogP) is 7.02. The molecule has 0 spiro atoms. The third-order valence-corrected chi connectivity index (χ3v) is 5.34. The number of azo groups is 1. The monoisotopic (exact) mass is 453 g/mol. The summed E-state index contributed by atoms with van der Waals surface area (Å²) in [6.45, 7) is 0.742. The molecule has 0 aliphatic carbocycles. The molecule has 0 N–H and O–H groups in total. The van der Waals surface area contributed by atoms with Crippen molar-refractivity contribution < 1.29 is 22.0 Å². The maximum absolute atomic E-state index is 13.5. The van der Waals surface area contributed by atoms with Crippen LogP contribution in [0.5, 0.6) is 0 Å². The lowest BCUT2D eigenvalue weighted by Gasteiger charge is -2.29. The number of para-hydroxylation sites is 1. The van der Waals surface area contributed by atoms with E-state index in [0.29, 0.717) is 15.9 Å². The largest absolute Gasteiger partial charge is 0.453 e. The topological polar surface area (TPSA) is 64.6 Å². The van der Waals surface area contributed by atoms with Crippen molar-refractivity contribution in [1.29, 1.82) is 5.26 Å². The zero-order valence-electron chi connectivity index (χ0n) is 16.1. The summed E-state index contributed by atoms with van der Waals surface area (Å²) in [4.78, 5) is 5.55. The predicted molar refractivity (Wildman–Crippen MR) is 108 cm³/mol. The Morgan fingerprint density at radius 1 is 1.06 bits per heavy atom. The molecule has 31 heavy (non-hydrogen) atoms. The highest BCUT2D eigenvalue weighted by Gasteiger charge is 2.57. The minimum atomic E-state index is -5.66. The van der Waals surface area contributed by atoms with Crippen LogP contribution in [0.3, 0.4) is 0 Å². The Morgan fingerprint density at radius 2 is 1.77 bits per heavy atom. The van der Waals surface area contributed by atoms with Gasteiger partial charge in [-0.05, 0) is 31.2 Å². The Hall–Kier alpha value is -3.13. The lowest BCUT2D eigenvalue weighted by atomic mass is 10.1. The minimum absolute atomic E-state index is 0.280. The number of anilines is 1. The van der Waals surface area contributed by atoms with Crippen LogP contribution in [0.25, 0.3) is 10.2 Å². The molecular weight excluding hydrogens is 437 g/mol. The van der Waals surface area contributed by atoms with Gasteiger partial charge in [-0.1, -0.05) is 35.6 Å². The van der Waals surface area contributed by atoms with E-state index in [-0.39, 0.29) is 10.8 Å². The Kier molecular flexibility index (Phi) is 6.50. The fraction of sp³-hybridized carbons (Fsp3) is 0.300. The summed E-state index contributed by atoms with van der Waals surface area (Å²) in [5.41, 5.74) is 1.24. The molecule has 3 rings (SSSR count). The van der Waals surface area contributed by atoms with Crippen molar-refractivity contribution in [1.82, 2.24) is 4.98 Å². The van der Waals surface area contributed by atoms with Gasteiger partial charge < -0.3 is 4.90 Å². The first-order chi connectivity index (χ1) is 14.6. The lowest BCUT2D eigenvalue weighted by molar-refractivity contribution is -0.283. The van der Waals surface area contributed by atoms with Crippen molar-refractivity contribution in [3.05, 3.63) is 48.5 Å². The van der Waals surface area contributed by atoms with Gasteiger partial charge in [0.05, 0.1) is 22.1 Å². The van der Waals surface area contributed by atoms with E-state index in [4.69, 9.17) is 0 Å². The van der Waals surface area contributed by atoms with Gasteiger partial charge in [-0.15, -0.1) is 10.2 Å². The van der Waals surface area contributed by atoms with Gasteiger partial charge in [0.1, 0.15) is 11.6 Å². The summed E-state index contributed by atoms with van der Waals surface area (Å²) < 4.78 is 65.3. The maximum atomic E-state index is 13.5. The van der Waals surface area contributed by atoms with Gasteiger partial charge in [0.25, 0.3) is 0 Å². The molecule has 11 heteroatoms. The first-order valence-corrected chi connectivity index (χ1v) is 9.91. The molecular formula is C20H16F5N5S. The maximum Gasteiger partial charge on any atom is 0.453 e. The SMILES string of the molecule is CC(C#N)N(CCC(F)(F)C(F)(F)F)c1cccc2sc(N=Nc3ccccc3)nc12. The first-order valence-electron chi connectivity index (χ1n) is 9.09. The molecule has 0 radical (unpaired) electrons. The van der Waals surface area contributed by atoms with E-state index in [1.807, 2.05) is 12.1 Å². The number of halogens is 5. The number of fused-ring (bicyclic) bond motifs is 1. The molecule has 1 unspecified atom stereocenters. The van der Waals surface area contributed by atoms with Crippen LogP contribution in [0.1, 0.15) is 13.3 Å². The highest BCUT2D eigenvalue weighted by molar-refractivity contribution is 7.22. The minimum Gasteiger partial charge on any atom is -0.354 e. The van der Waals surface area contributed by atoms with Crippen LogP contribution in [0, 0.1) is 11.3 Å². The number of hydrogen-bond acceptors (Lipinski definition) is 6.